The molecule has 6 heteroatoms. The summed E-state index contributed by atoms with van der Waals surface area (Å²) in [5.41, 5.74) is 6.79. The Hall–Kier alpha value is -1.62. The maximum absolute atomic E-state index is 10.7. The van der Waals surface area contributed by atoms with Gasteiger partial charge in [0, 0.05) is 24.2 Å². The van der Waals surface area contributed by atoms with E-state index < -0.39 is 4.92 Å². The molecule has 0 saturated carbocycles. The summed E-state index contributed by atoms with van der Waals surface area (Å²) in [6.07, 6.45) is 21.7. The molecule has 0 saturated heterocycles. The fraction of sp³-hybridized carbons (Fsp3) is 0.720. The Morgan fingerprint density at radius 1 is 0.774 bits per heavy atom. The molecule has 0 heterocycles. The van der Waals surface area contributed by atoms with Crippen molar-refractivity contribution in [3.63, 3.8) is 0 Å². The highest BCUT2D eigenvalue weighted by atomic mass is 35.5. The minimum atomic E-state index is -0.409. The number of unbranched alkanes of at least 4 members (excludes halogenated alkanes) is 15. The molecule has 2 N–H and O–H groups in total. The van der Waals surface area contributed by atoms with Gasteiger partial charge in [0.1, 0.15) is 5.84 Å². The van der Waals surface area contributed by atoms with Gasteiger partial charge in [-0.15, -0.1) is 12.4 Å². The number of nitrogens with zero attached hydrogens (tertiary/aromatic N) is 2. The van der Waals surface area contributed by atoms with Crippen molar-refractivity contribution >= 4 is 23.9 Å². The highest BCUT2D eigenvalue weighted by Crippen LogP contribution is 2.14. The average Bonchev–Trinajstić information content (AvgIpc) is 2.75. The smallest absolute Gasteiger partial charge is 0.269 e. The predicted octanol–water partition coefficient (Wildman–Crippen LogP) is 7.98. The Bertz CT molecular complexity index is 591. The van der Waals surface area contributed by atoms with Gasteiger partial charge in [-0.1, -0.05) is 103 Å². The van der Waals surface area contributed by atoms with Gasteiger partial charge in [0.2, 0.25) is 0 Å². The predicted molar refractivity (Wildman–Crippen MR) is 135 cm³/mol. The number of nitro benzene ring substituents is 1. The van der Waals surface area contributed by atoms with Crippen molar-refractivity contribution in [1.82, 2.24) is 0 Å². The van der Waals surface area contributed by atoms with E-state index >= 15 is 0 Å². The summed E-state index contributed by atoms with van der Waals surface area (Å²) >= 11 is 0. The summed E-state index contributed by atoms with van der Waals surface area (Å²) in [7, 11) is 0. The van der Waals surface area contributed by atoms with Gasteiger partial charge in [-0.05, 0) is 18.6 Å². The van der Waals surface area contributed by atoms with Crippen LogP contribution in [0.5, 0.6) is 0 Å². The van der Waals surface area contributed by atoms with Gasteiger partial charge >= 0.3 is 0 Å². The molecular formula is C25H44ClN3O2. The molecule has 0 amide bonds. The Morgan fingerprint density at radius 2 is 1.16 bits per heavy atom. The fourth-order valence-electron chi connectivity index (χ4n) is 3.70. The van der Waals surface area contributed by atoms with Crippen molar-refractivity contribution in [3.05, 3.63) is 39.9 Å². The summed E-state index contributed by atoms with van der Waals surface area (Å²) < 4.78 is 0. The molecule has 0 unspecified atom stereocenters. The van der Waals surface area contributed by atoms with Crippen molar-refractivity contribution in [2.24, 2.45) is 10.7 Å². The average molecular weight is 454 g/mol. The van der Waals surface area contributed by atoms with Crippen LogP contribution in [0.25, 0.3) is 0 Å². The summed E-state index contributed by atoms with van der Waals surface area (Å²) in [6.45, 7) is 3.00. The van der Waals surface area contributed by atoms with Gasteiger partial charge in [0.05, 0.1) is 4.92 Å². The Labute approximate surface area is 195 Å². The number of hydrogen-bond acceptors (Lipinski definition) is 3. The molecule has 0 fully saturated rings. The number of amidine groups is 1. The van der Waals surface area contributed by atoms with Gasteiger partial charge in [0.15, 0.2) is 0 Å². The summed E-state index contributed by atoms with van der Waals surface area (Å²) in [5.74, 6) is 0.464. The number of hydrogen-bond donors (Lipinski definition) is 1. The van der Waals surface area contributed by atoms with Crippen LogP contribution in [0, 0.1) is 10.1 Å². The van der Waals surface area contributed by atoms with Gasteiger partial charge in [-0.25, -0.2) is 0 Å². The number of rotatable bonds is 19. The number of nitro groups is 1. The summed E-state index contributed by atoms with van der Waals surface area (Å²) in [6, 6.07) is 6.24. The molecule has 0 aromatic heterocycles. The first-order valence-electron chi connectivity index (χ1n) is 12.2. The van der Waals surface area contributed by atoms with Crippen molar-refractivity contribution < 1.29 is 4.92 Å². The second kappa shape index (κ2) is 20.3. The number of non-ortho nitro benzene ring substituents is 1. The van der Waals surface area contributed by atoms with E-state index in [1.165, 1.54) is 108 Å². The van der Waals surface area contributed by atoms with Crippen molar-refractivity contribution in [2.75, 3.05) is 6.54 Å². The molecule has 31 heavy (non-hydrogen) atoms. The third-order valence-electron chi connectivity index (χ3n) is 5.67. The van der Waals surface area contributed by atoms with Crippen LogP contribution in [-0.4, -0.2) is 17.3 Å². The summed E-state index contributed by atoms with van der Waals surface area (Å²) in [5, 5.41) is 10.7. The lowest BCUT2D eigenvalue weighted by atomic mass is 10.0. The minimum Gasteiger partial charge on any atom is -0.384 e. The molecule has 0 aliphatic carbocycles. The van der Waals surface area contributed by atoms with Crippen LogP contribution >= 0.6 is 12.4 Å². The number of halogens is 1. The van der Waals surface area contributed by atoms with E-state index in [0.717, 1.165) is 18.5 Å². The van der Waals surface area contributed by atoms with E-state index in [0.29, 0.717) is 5.84 Å². The molecule has 0 atom stereocenters. The normalized spacial score (nSPS) is 11.3. The molecule has 1 rings (SSSR count). The lowest BCUT2D eigenvalue weighted by Gasteiger charge is -2.04. The first kappa shape index (κ1) is 29.4. The van der Waals surface area contributed by atoms with Crippen molar-refractivity contribution in [1.29, 1.82) is 0 Å². The lowest BCUT2D eigenvalue weighted by molar-refractivity contribution is -0.384. The monoisotopic (exact) mass is 453 g/mol. The highest BCUT2D eigenvalue weighted by molar-refractivity contribution is 5.97. The third kappa shape index (κ3) is 15.8. The van der Waals surface area contributed by atoms with Gasteiger partial charge in [-0.3, -0.25) is 15.1 Å². The van der Waals surface area contributed by atoms with E-state index in [1.807, 2.05) is 0 Å². The van der Waals surface area contributed by atoms with E-state index in [-0.39, 0.29) is 18.1 Å². The first-order valence-corrected chi connectivity index (χ1v) is 12.2. The minimum absolute atomic E-state index is 0. The molecule has 0 bridgehead atoms. The number of aliphatic imine (C=N–C) groups is 1. The SMILES string of the molecule is CCCCCCCCCCCCCCCCCCN=C(N)c1ccc([N+](=O)[O-])cc1.Cl. The van der Waals surface area contributed by atoms with Crippen LogP contribution in [0.15, 0.2) is 29.3 Å². The van der Waals surface area contributed by atoms with E-state index in [1.54, 1.807) is 12.1 Å². The van der Waals surface area contributed by atoms with Crippen LogP contribution in [0.4, 0.5) is 5.69 Å². The molecule has 0 aliphatic rings. The molecule has 0 spiro atoms. The van der Waals surface area contributed by atoms with Crippen molar-refractivity contribution in [2.45, 2.75) is 110 Å². The molecule has 1 aromatic carbocycles. The van der Waals surface area contributed by atoms with Crippen LogP contribution in [-0.2, 0) is 0 Å². The topological polar surface area (TPSA) is 81.5 Å². The Morgan fingerprint density at radius 3 is 1.55 bits per heavy atom. The van der Waals surface area contributed by atoms with Crippen LogP contribution in [0.3, 0.4) is 0 Å². The van der Waals surface area contributed by atoms with Crippen LogP contribution in [0.1, 0.15) is 115 Å². The molecule has 0 radical (unpaired) electrons. The Balaban J connectivity index is 0.00000900. The molecular weight excluding hydrogens is 410 g/mol. The zero-order valence-electron chi connectivity index (χ0n) is 19.5. The van der Waals surface area contributed by atoms with E-state index in [2.05, 4.69) is 11.9 Å². The quantitative estimate of drug-likeness (QED) is 0.0757. The van der Waals surface area contributed by atoms with Gasteiger partial charge < -0.3 is 5.73 Å². The zero-order valence-corrected chi connectivity index (χ0v) is 20.3. The number of benzene rings is 1. The van der Waals surface area contributed by atoms with Crippen molar-refractivity contribution in [3.8, 4) is 0 Å². The van der Waals surface area contributed by atoms with E-state index in [4.69, 9.17) is 5.73 Å². The molecule has 178 valence electrons. The lowest BCUT2D eigenvalue weighted by Crippen LogP contribution is -2.13. The maximum atomic E-state index is 10.7. The molecule has 1 aromatic rings. The second-order valence-electron chi connectivity index (χ2n) is 8.37. The third-order valence-corrected chi connectivity index (χ3v) is 5.67. The zero-order chi connectivity index (χ0) is 21.9. The Kier molecular flexibility index (Phi) is 19.2. The molecule has 0 aliphatic heterocycles. The van der Waals surface area contributed by atoms with Gasteiger partial charge in [-0.2, -0.15) is 0 Å². The largest absolute Gasteiger partial charge is 0.384 e. The second-order valence-corrected chi connectivity index (χ2v) is 8.37. The fourth-order valence-corrected chi connectivity index (χ4v) is 3.70. The summed E-state index contributed by atoms with van der Waals surface area (Å²) in [4.78, 5) is 14.7. The first-order chi connectivity index (χ1) is 14.6. The maximum Gasteiger partial charge on any atom is 0.269 e. The van der Waals surface area contributed by atoms with Crippen LogP contribution < -0.4 is 5.73 Å². The number of nitrogens with two attached hydrogens (primary N) is 1. The van der Waals surface area contributed by atoms with Crippen LogP contribution in [0.2, 0.25) is 0 Å². The van der Waals surface area contributed by atoms with Gasteiger partial charge in [0.25, 0.3) is 5.69 Å². The molecule has 5 nitrogen and oxygen atoms in total. The van der Waals surface area contributed by atoms with E-state index in [9.17, 15) is 10.1 Å². The highest BCUT2D eigenvalue weighted by Gasteiger charge is 2.05. The standard InChI is InChI=1S/C25H43N3O2.ClH/c1-2-3-4-5-6-7-8-9-10-11-12-13-14-15-16-17-22-27-25(26)23-18-20-24(21-19-23)28(29)30;/h18-21H,2-17,22H2,1H3,(H2,26,27);1H.